The van der Waals surface area contributed by atoms with Crippen molar-refractivity contribution in [3.05, 3.63) is 28.7 Å². The van der Waals surface area contributed by atoms with E-state index in [2.05, 4.69) is 9.71 Å². The fourth-order valence-electron chi connectivity index (χ4n) is 1.32. The van der Waals surface area contributed by atoms with Gasteiger partial charge < -0.3 is 9.72 Å². The molecule has 1 heterocycles. The molecule has 0 saturated carbocycles. The van der Waals surface area contributed by atoms with Gasteiger partial charge >= 0.3 is 5.97 Å². The number of ether oxygens (including phenoxy) is 1. The first-order valence-corrected chi connectivity index (χ1v) is 7.28. The van der Waals surface area contributed by atoms with Crippen molar-refractivity contribution in [2.24, 2.45) is 0 Å². The van der Waals surface area contributed by atoms with E-state index in [-0.39, 0.29) is 29.4 Å². The molecule has 0 radical (unpaired) electrons. The van der Waals surface area contributed by atoms with Gasteiger partial charge in [0.25, 0.3) is 0 Å². The highest BCUT2D eigenvalue weighted by Crippen LogP contribution is 2.04. The molecular formula is C11H16N2O5S. The van der Waals surface area contributed by atoms with Crippen LogP contribution >= 0.6 is 0 Å². The minimum absolute atomic E-state index is 0.0248. The third kappa shape index (κ3) is 5.23. The number of rotatable bonds is 7. The van der Waals surface area contributed by atoms with Crippen LogP contribution in [0.2, 0.25) is 0 Å². The largest absolute Gasteiger partial charge is 0.466 e. The third-order valence-corrected chi connectivity index (χ3v) is 3.68. The molecule has 0 aliphatic rings. The minimum Gasteiger partial charge on any atom is -0.466 e. The fraction of sp³-hybridized carbons (Fsp3) is 0.455. The van der Waals surface area contributed by atoms with Crippen molar-refractivity contribution in [3.8, 4) is 0 Å². The molecule has 0 atom stereocenters. The molecular weight excluding hydrogens is 272 g/mol. The van der Waals surface area contributed by atoms with Crippen molar-refractivity contribution in [1.82, 2.24) is 9.71 Å². The molecule has 8 heteroatoms. The molecule has 1 aromatic rings. The zero-order valence-electron chi connectivity index (χ0n) is 10.5. The van der Waals surface area contributed by atoms with Crippen LogP contribution in [0.1, 0.15) is 19.8 Å². The van der Waals surface area contributed by atoms with Crippen LogP contribution in [-0.4, -0.2) is 32.5 Å². The summed E-state index contributed by atoms with van der Waals surface area (Å²) in [5.74, 6) is -0.356. The van der Waals surface area contributed by atoms with Gasteiger partial charge in [0.2, 0.25) is 15.6 Å². The van der Waals surface area contributed by atoms with E-state index in [1.165, 1.54) is 6.07 Å². The molecule has 2 N–H and O–H groups in total. The Hall–Kier alpha value is -1.67. The van der Waals surface area contributed by atoms with Crippen LogP contribution in [0.5, 0.6) is 0 Å². The van der Waals surface area contributed by atoms with Gasteiger partial charge in [0.1, 0.15) is 0 Å². The smallest absolute Gasteiger partial charge is 0.305 e. The van der Waals surface area contributed by atoms with Gasteiger partial charge in [-0.25, -0.2) is 13.1 Å². The second-order valence-electron chi connectivity index (χ2n) is 3.69. The Kier molecular flexibility index (Phi) is 5.71. The summed E-state index contributed by atoms with van der Waals surface area (Å²) in [5, 5.41) is 0. The van der Waals surface area contributed by atoms with Gasteiger partial charge in [-0.1, -0.05) is 0 Å². The number of carbonyl (C=O) groups excluding carboxylic acids is 1. The lowest BCUT2D eigenvalue weighted by atomic mass is 10.3. The lowest BCUT2D eigenvalue weighted by Crippen LogP contribution is -2.26. The highest BCUT2D eigenvalue weighted by molar-refractivity contribution is 7.89. The summed E-state index contributed by atoms with van der Waals surface area (Å²) in [7, 11) is -3.66. The predicted octanol–water partition coefficient (Wildman–Crippen LogP) is -0.00350. The second kappa shape index (κ2) is 7.05. The first kappa shape index (κ1) is 15.4. The van der Waals surface area contributed by atoms with E-state index in [9.17, 15) is 18.0 Å². The minimum atomic E-state index is -3.66. The topological polar surface area (TPSA) is 105 Å². The SMILES string of the molecule is CCOC(=O)CCCNS(=O)(=O)c1ccc(=O)[nH]c1. The number of pyridine rings is 1. The Labute approximate surface area is 111 Å². The average Bonchev–Trinajstić information content (AvgIpc) is 2.36. The molecule has 0 aromatic carbocycles. The molecule has 0 amide bonds. The quantitative estimate of drug-likeness (QED) is 0.542. The summed E-state index contributed by atoms with van der Waals surface area (Å²) < 4.78 is 30.6. The van der Waals surface area contributed by atoms with Crippen LogP contribution in [0.25, 0.3) is 0 Å². The van der Waals surface area contributed by atoms with Gasteiger partial charge in [-0.15, -0.1) is 0 Å². The van der Waals surface area contributed by atoms with Crippen LogP contribution in [0.4, 0.5) is 0 Å². The van der Waals surface area contributed by atoms with Crippen LogP contribution < -0.4 is 10.3 Å². The van der Waals surface area contributed by atoms with Crippen molar-refractivity contribution in [1.29, 1.82) is 0 Å². The van der Waals surface area contributed by atoms with E-state index >= 15 is 0 Å². The highest BCUT2D eigenvalue weighted by Gasteiger charge is 2.13. The summed E-state index contributed by atoms with van der Waals surface area (Å²) in [5.41, 5.74) is -0.374. The summed E-state index contributed by atoms with van der Waals surface area (Å²) in [6.45, 7) is 2.14. The molecule has 0 spiro atoms. The predicted molar refractivity (Wildman–Crippen MR) is 68.1 cm³/mol. The van der Waals surface area contributed by atoms with Crippen molar-refractivity contribution in [2.75, 3.05) is 13.2 Å². The van der Waals surface area contributed by atoms with E-state index in [1.807, 2.05) is 0 Å². The lowest BCUT2D eigenvalue weighted by molar-refractivity contribution is -0.143. The molecule has 0 aliphatic carbocycles. The van der Waals surface area contributed by atoms with Crippen LogP contribution in [0.3, 0.4) is 0 Å². The molecule has 0 bridgehead atoms. The van der Waals surface area contributed by atoms with Crippen molar-refractivity contribution in [3.63, 3.8) is 0 Å². The zero-order chi connectivity index (χ0) is 14.3. The Morgan fingerprint density at radius 3 is 2.74 bits per heavy atom. The number of H-pyrrole nitrogens is 1. The van der Waals surface area contributed by atoms with Gasteiger partial charge in [-0.2, -0.15) is 0 Å². The van der Waals surface area contributed by atoms with Gasteiger partial charge in [-0.05, 0) is 19.4 Å². The van der Waals surface area contributed by atoms with E-state index in [0.29, 0.717) is 13.0 Å². The van der Waals surface area contributed by atoms with Gasteiger partial charge in [-0.3, -0.25) is 9.59 Å². The molecule has 7 nitrogen and oxygen atoms in total. The Balaban J connectivity index is 2.46. The molecule has 19 heavy (non-hydrogen) atoms. The third-order valence-electron chi connectivity index (χ3n) is 2.22. The van der Waals surface area contributed by atoms with Gasteiger partial charge in [0, 0.05) is 25.2 Å². The number of sulfonamides is 1. The maximum atomic E-state index is 11.8. The molecule has 0 fully saturated rings. The molecule has 0 aliphatic heterocycles. The summed E-state index contributed by atoms with van der Waals surface area (Å²) in [6, 6.07) is 2.35. The van der Waals surface area contributed by atoms with Crippen LogP contribution in [0.15, 0.2) is 28.0 Å². The number of aromatic amines is 1. The normalized spacial score (nSPS) is 11.2. The number of aromatic nitrogens is 1. The zero-order valence-corrected chi connectivity index (χ0v) is 11.3. The van der Waals surface area contributed by atoms with Crippen molar-refractivity contribution < 1.29 is 17.9 Å². The van der Waals surface area contributed by atoms with Gasteiger partial charge in [0.05, 0.1) is 11.5 Å². The van der Waals surface area contributed by atoms with Crippen LogP contribution in [-0.2, 0) is 19.6 Å². The monoisotopic (exact) mass is 288 g/mol. The number of hydrogen-bond donors (Lipinski definition) is 2. The molecule has 1 aromatic heterocycles. The van der Waals surface area contributed by atoms with Crippen molar-refractivity contribution >= 4 is 16.0 Å². The Morgan fingerprint density at radius 1 is 1.42 bits per heavy atom. The first-order chi connectivity index (χ1) is 8.95. The average molecular weight is 288 g/mol. The highest BCUT2D eigenvalue weighted by atomic mass is 32.2. The Bertz CT molecular complexity index is 558. The maximum absolute atomic E-state index is 11.8. The molecule has 1 rings (SSSR count). The first-order valence-electron chi connectivity index (χ1n) is 5.79. The number of hydrogen-bond acceptors (Lipinski definition) is 5. The number of carbonyl (C=O) groups is 1. The molecule has 0 unspecified atom stereocenters. The number of nitrogens with one attached hydrogen (secondary N) is 2. The number of esters is 1. The maximum Gasteiger partial charge on any atom is 0.305 e. The van der Waals surface area contributed by atoms with E-state index in [1.54, 1.807) is 6.92 Å². The van der Waals surface area contributed by atoms with E-state index in [0.717, 1.165) is 12.3 Å². The van der Waals surface area contributed by atoms with E-state index < -0.39 is 10.0 Å². The second-order valence-corrected chi connectivity index (χ2v) is 5.46. The van der Waals surface area contributed by atoms with E-state index in [4.69, 9.17) is 4.74 Å². The molecule has 106 valence electrons. The fourth-order valence-corrected chi connectivity index (χ4v) is 2.36. The lowest BCUT2D eigenvalue weighted by Gasteiger charge is -2.06. The standard InChI is InChI=1S/C11H16N2O5S/c1-2-18-11(15)4-3-7-13-19(16,17)9-5-6-10(14)12-8-9/h5-6,8,13H,2-4,7H2,1H3,(H,12,14). The summed E-state index contributed by atoms with van der Waals surface area (Å²) >= 11 is 0. The Morgan fingerprint density at radius 2 is 2.16 bits per heavy atom. The summed E-state index contributed by atoms with van der Waals surface area (Å²) in [6.07, 6.45) is 1.62. The van der Waals surface area contributed by atoms with Crippen LogP contribution in [0, 0.1) is 0 Å². The summed E-state index contributed by atoms with van der Waals surface area (Å²) in [4.78, 5) is 24.1. The molecule has 0 saturated heterocycles. The van der Waals surface area contributed by atoms with Crippen molar-refractivity contribution in [2.45, 2.75) is 24.7 Å². The van der Waals surface area contributed by atoms with Gasteiger partial charge in [0.15, 0.2) is 0 Å².